The van der Waals surface area contributed by atoms with Crippen LogP contribution in [0.3, 0.4) is 0 Å². The lowest BCUT2D eigenvalue weighted by molar-refractivity contribution is -0.140. The van der Waals surface area contributed by atoms with Gasteiger partial charge in [0.15, 0.2) is 0 Å². The second kappa shape index (κ2) is 7.29. The van der Waals surface area contributed by atoms with Gasteiger partial charge in [0, 0.05) is 12.6 Å². The summed E-state index contributed by atoms with van der Waals surface area (Å²) in [4.78, 5) is 25.5. The van der Waals surface area contributed by atoms with Gasteiger partial charge >= 0.3 is 5.97 Å². The molecule has 0 aromatic heterocycles. The highest BCUT2D eigenvalue weighted by Crippen LogP contribution is 2.29. The van der Waals surface area contributed by atoms with E-state index in [0.717, 1.165) is 24.2 Å². The number of hydrogen-bond acceptors (Lipinski definition) is 3. The van der Waals surface area contributed by atoms with Crippen LogP contribution < -0.4 is 4.74 Å². The molecule has 1 heterocycles. The number of benzene rings is 1. The molecule has 120 valence electrons. The van der Waals surface area contributed by atoms with Gasteiger partial charge in [0.25, 0.3) is 0 Å². The minimum Gasteiger partial charge on any atom is -0.497 e. The quantitative estimate of drug-likeness (QED) is 0.877. The first-order valence-electron chi connectivity index (χ1n) is 7.73. The Kier molecular flexibility index (Phi) is 5.41. The summed E-state index contributed by atoms with van der Waals surface area (Å²) in [7, 11) is 1.61. The van der Waals surface area contributed by atoms with Crippen LogP contribution in [0.4, 0.5) is 0 Å². The van der Waals surface area contributed by atoms with Crippen molar-refractivity contribution in [2.45, 2.75) is 44.6 Å². The van der Waals surface area contributed by atoms with Gasteiger partial charge in [-0.05, 0) is 37.0 Å². The van der Waals surface area contributed by atoms with Crippen molar-refractivity contribution in [3.8, 4) is 5.75 Å². The molecule has 0 spiro atoms. The summed E-state index contributed by atoms with van der Waals surface area (Å²) in [6.45, 7) is 2.64. The SMILES string of the molecule is CCC(C(=O)N1CCCC1CC(=O)O)c1ccc(OC)cc1. The Morgan fingerprint density at radius 3 is 2.59 bits per heavy atom. The maximum absolute atomic E-state index is 12.8. The summed E-state index contributed by atoms with van der Waals surface area (Å²) in [5, 5.41) is 8.99. The number of rotatable bonds is 6. The van der Waals surface area contributed by atoms with Crippen molar-refractivity contribution in [3.05, 3.63) is 29.8 Å². The van der Waals surface area contributed by atoms with Gasteiger partial charge in [0.2, 0.25) is 5.91 Å². The molecule has 0 aliphatic carbocycles. The third kappa shape index (κ3) is 3.59. The molecular formula is C17H23NO4. The molecule has 1 aliphatic rings. The van der Waals surface area contributed by atoms with Crippen LogP contribution in [0.2, 0.25) is 0 Å². The topological polar surface area (TPSA) is 66.8 Å². The second-order valence-electron chi connectivity index (χ2n) is 5.66. The van der Waals surface area contributed by atoms with Gasteiger partial charge in [-0.3, -0.25) is 9.59 Å². The zero-order chi connectivity index (χ0) is 16.1. The van der Waals surface area contributed by atoms with Gasteiger partial charge in [-0.25, -0.2) is 0 Å². The highest BCUT2D eigenvalue weighted by molar-refractivity contribution is 5.84. The van der Waals surface area contributed by atoms with Crippen molar-refractivity contribution in [2.24, 2.45) is 0 Å². The second-order valence-corrected chi connectivity index (χ2v) is 5.66. The maximum Gasteiger partial charge on any atom is 0.305 e. The maximum atomic E-state index is 12.8. The van der Waals surface area contributed by atoms with Crippen LogP contribution in [0.15, 0.2) is 24.3 Å². The number of likely N-dealkylation sites (tertiary alicyclic amines) is 1. The Morgan fingerprint density at radius 2 is 2.05 bits per heavy atom. The van der Waals surface area contributed by atoms with Gasteiger partial charge in [-0.15, -0.1) is 0 Å². The summed E-state index contributed by atoms with van der Waals surface area (Å²) in [6.07, 6.45) is 2.38. The van der Waals surface area contributed by atoms with Gasteiger partial charge in [-0.2, -0.15) is 0 Å². The first-order chi connectivity index (χ1) is 10.6. The molecule has 1 aromatic carbocycles. The average Bonchev–Trinajstić information content (AvgIpc) is 2.96. The smallest absolute Gasteiger partial charge is 0.305 e. The number of amides is 1. The van der Waals surface area contributed by atoms with E-state index >= 15 is 0 Å². The molecule has 0 radical (unpaired) electrons. The summed E-state index contributed by atoms with van der Waals surface area (Å²) in [6, 6.07) is 7.35. The zero-order valence-corrected chi connectivity index (χ0v) is 13.1. The molecule has 2 unspecified atom stereocenters. The Morgan fingerprint density at radius 1 is 1.36 bits per heavy atom. The van der Waals surface area contributed by atoms with Gasteiger partial charge < -0.3 is 14.7 Å². The molecular weight excluding hydrogens is 282 g/mol. The molecule has 1 aliphatic heterocycles. The standard InChI is InChI=1S/C17H23NO4/c1-3-15(12-6-8-14(22-2)9-7-12)17(21)18-10-4-5-13(18)11-16(19)20/h6-9,13,15H,3-5,10-11H2,1-2H3,(H,19,20). The van der Waals surface area contributed by atoms with Crippen molar-refractivity contribution >= 4 is 11.9 Å². The fraction of sp³-hybridized carbons (Fsp3) is 0.529. The highest BCUT2D eigenvalue weighted by atomic mass is 16.5. The Labute approximate surface area is 130 Å². The normalized spacial score (nSPS) is 19.0. The highest BCUT2D eigenvalue weighted by Gasteiger charge is 2.34. The molecule has 1 amide bonds. The number of hydrogen-bond donors (Lipinski definition) is 1. The number of carboxylic acids is 1. The molecule has 1 fully saturated rings. The van der Waals surface area contributed by atoms with Crippen LogP contribution in [0, 0.1) is 0 Å². The van der Waals surface area contributed by atoms with E-state index in [1.54, 1.807) is 12.0 Å². The average molecular weight is 305 g/mol. The number of nitrogens with zero attached hydrogens (tertiary/aromatic N) is 1. The third-order valence-corrected chi connectivity index (χ3v) is 4.29. The van der Waals surface area contributed by atoms with Gasteiger partial charge in [-0.1, -0.05) is 19.1 Å². The number of carbonyl (C=O) groups excluding carboxylic acids is 1. The van der Waals surface area contributed by atoms with Crippen LogP contribution in [0.5, 0.6) is 5.75 Å². The molecule has 1 N–H and O–H groups in total. The van der Waals surface area contributed by atoms with E-state index in [0.29, 0.717) is 13.0 Å². The fourth-order valence-corrected chi connectivity index (χ4v) is 3.13. The molecule has 5 nitrogen and oxygen atoms in total. The van der Waals surface area contributed by atoms with E-state index in [-0.39, 0.29) is 24.3 Å². The van der Waals surface area contributed by atoms with Crippen molar-refractivity contribution in [2.75, 3.05) is 13.7 Å². The van der Waals surface area contributed by atoms with E-state index in [1.807, 2.05) is 31.2 Å². The van der Waals surface area contributed by atoms with Gasteiger partial charge in [0.1, 0.15) is 5.75 Å². The lowest BCUT2D eigenvalue weighted by Gasteiger charge is -2.28. The number of ether oxygens (including phenoxy) is 1. The van der Waals surface area contributed by atoms with E-state index in [4.69, 9.17) is 9.84 Å². The molecule has 22 heavy (non-hydrogen) atoms. The molecule has 0 saturated carbocycles. The molecule has 0 bridgehead atoms. The summed E-state index contributed by atoms with van der Waals surface area (Å²) in [5.74, 6) is -0.269. The Hall–Kier alpha value is -2.04. The third-order valence-electron chi connectivity index (χ3n) is 4.29. The van der Waals surface area contributed by atoms with Crippen molar-refractivity contribution < 1.29 is 19.4 Å². The van der Waals surface area contributed by atoms with Gasteiger partial charge in [0.05, 0.1) is 19.4 Å². The van der Waals surface area contributed by atoms with Crippen LogP contribution in [-0.4, -0.2) is 41.6 Å². The molecule has 2 rings (SSSR count). The Balaban J connectivity index is 2.15. The largest absolute Gasteiger partial charge is 0.497 e. The summed E-state index contributed by atoms with van der Waals surface area (Å²) in [5.41, 5.74) is 0.953. The zero-order valence-electron chi connectivity index (χ0n) is 13.1. The van der Waals surface area contributed by atoms with E-state index in [1.165, 1.54) is 0 Å². The lowest BCUT2D eigenvalue weighted by atomic mass is 9.94. The molecule has 1 saturated heterocycles. The molecule has 2 atom stereocenters. The molecule has 5 heteroatoms. The lowest BCUT2D eigenvalue weighted by Crippen LogP contribution is -2.39. The summed E-state index contributed by atoms with van der Waals surface area (Å²) < 4.78 is 5.14. The number of carbonyl (C=O) groups is 2. The fourth-order valence-electron chi connectivity index (χ4n) is 3.13. The summed E-state index contributed by atoms with van der Waals surface area (Å²) >= 11 is 0. The van der Waals surface area contributed by atoms with E-state index in [2.05, 4.69) is 0 Å². The van der Waals surface area contributed by atoms with Crippen LogP contribution in [-0.2, 0) is 9.59 Å². The van der Waals surface area contributed by atoms with Crippen molar-refractivity contribution in [1.82, 2.24) is 4.90 Å². The van der Waals surface area contributed by atoms with E-state index in [9.17, 15) is 9.59 Å². The Bertz CT molecular complexity index is 526. The van der Waals surface area contributed by atoms with Crippen LogP contribution >= 0.6 is 0 Å². The van der Waals surface area contributed by atoms with Crippen molar-refractivity contribution in [1.29, 1.82) is 0 Å². The minimum absolute atomic E-state index is 0.0325. The van der Waals surface area contributed by atoms with Crippen LogP contribution in [0.25, 0.3) is 0 Å². The first-order valence-corrected chi connectivity index (χ1v) is 7.73. The first kappa shape index (κ1) is 16.3. The number of carboxylic acid groups (broad SMARTS) is 1. The number of aliphatic carboxylic acids is 1. The number of methoxy groups -OCH3 is 1. The minimum atomic E-state index is -0.845. The van der Waals surface area contributed by atoms with Crippen molar-refractivity contribution in [3.63, 3.8) is 0 Å². The predicted molar refractivity (Wildman–Crippen MR) is 83.0 cm³/mol. The van der Waals surface area contributed by atoms with E-state index < -0.39 is 5.97 Å². The van der Waals surface area contributed by atoms with Crippen LogP contribution in [0.1, 0.15) is 44.1 Å². The predicted octanol–water partition coefficient (Wildman–Crippen LogP) is 2.65. The molecule has 1 aromatic rings. The monoisotopic (exact) mass is 305 g/mol.